The molecular weight excluding hydrogens is 282 g/mol. The van der Waals surface area contributed by atoms with Crippen LogP contribution in [-0.4, -0.2) is 28.2 Å². The van der Waals surface area contributed by atoms with Crippen LogP contribution < -0.4 is 5.32 Å². The van der Waals surface area contributed by atoms with Crippen molar-refractivity contribution < 1.29 is 4.74 Å². The monoisotopic (exact) mass is 301 g/mol. The number of rotatable bonds is 4. The van der Waals surface area contributed by atoms with E-state index < -0.39 is 0 Å². The summed E-state index contributed by atoms with van der Waals surface area (Å²) in [6, 6.07) is 9.01. The van der Waals surface area contributed by atoms with Crippen LogP contribution in [-0.2, 0) is 11.3 Å². The molecule has 1 fully saturated rings. The highest BCUT2D eigenvalue weighted by Gasteiger charge is 2.23. The molecule has 4 nitrogen and oxygen atoms in total. The first-order valence-corrected chi connectivity index (χ1v) is 8.49. The van der Waals surface area contributed by atoms with Crippen LogP contribution in [0.15, 0.2) is 41.6 Å². The van der Waals surface area contributed by atoms with Gasteiger partial charge < -0.3 is 10.1 Å². The first-order valence-electron chi connectivity index (χ1n) is 7.51. The highest BCUT2D eigenvalue weighted by molar-refractivity contribution is 7.99. The van der Waals surface area contributed by atoms with Crippen molar-refractivity contribution in [2.24, 2.45) is 0 Å². The lowest BCUT2D eigenvalue weighted by Crippen LogP contribution is -2.15. The first kappa shape index (κ1) is 13.2. The minimum absolute atomic E-state index is 0.334. The van der Waals surface area contributed by atoms with E-state index in [0.29, 0.717) is 12.1 Å². The number of ether oxygens (including phenoxy) is 1. The molecule has 0 radical (unpaired) electrons. The van der Waals surface area contributed by atoms with E-state index in [9.17, 15) is 0 Å². The number of thioether (sulfide) groups is 1. The fourth-order valence-corrected chi connectivity index (χ4v) is 4.18. The van der Waals surface area contributed by atoms with E-state index in [1.54, 1.807) is 0 Å². The molecule has 110 valence electrons. The molecule has 0 bridgehead atoms. The number of nitrogens with zero attached hydrogens (tertiary/aromatic N) is 2. The Morgan fingerprint density at radius 1 is 1.38 bits per heavy atom. The second-order valence-corrected chi connectivity index (χ2v) is 6.69. The second kappa shape index (κ2) is 5.73. The highest BCUT2D eigenvalue weighted by atomic mass is 32.2. The molecule has 0 spiro atoms. The molecule has 1 saturated heterocycles. The maximum Gasteiger partial charge on any atom is 0.0771 e. The van der Waals surface area contributed by atoms with E-state index in [0.717, 1.165) is 31.0 Å². The van der Waals surface area contributed by atoms with Gasteiger partial charge in [0, 0.05) is 23.5 Å². The molecule has 3 heterocycles. The van der Waals surface area contributed by atoms with E-state index in [1.807, 2.05) is 22.6 Å². The molecule has 5 heteroatoms. The Bertz CT molecular complexity index is 621. The molecule has 1 aromatic carbocycles. The van der Waals surface area contributed by atoms with Crippen molar-refractivity contribution in [1.82, 2.24) is 9.78 Å². The number of hydrogen-bond donors (Lipinski definition) is 1. The number of fused-ring (bicyclic) bond motifs is 1. The van der Waals surface area contributed by atoms with Gasteiger partial charge in [0.2, 0.25) is 0 Å². The molecule has 4 rings (SSSR count). The zero-order valence-corrected chi connectivity index (χ0v) is 12.7. The summed E-state index contributed by atoms with van der Waals surface area (Å²) in [6.45, 7) is 1.75. The third-order valence-electron chi connectivity index (χ3n) is 4.09. The largest absolute Gasteiger partial charge is 0.376 e. The lowest BCUT2D eigenvalue weighted by atomic mass is 10.1. The van der Waals surface area contributed by atoms with Gasteiger partial charge in [-0.15, -0.1) is 11.8 Å². The highest BCUT2D eigenvalue weighted by Crippen LogP contribution is 2.39. The van der Waals surface area contributed by atoms with Crippen LogP contribution in [0.25, 0.3) is 0 Å². The molecule has 1 N–H and O–H groups in total. The van der Waals surface area contributed by atoms with Crippen LogP contribution in [0, 0.1) is 0 Å². The molecule has 2 atom stereocenters. The van der Waals surface area contributed by atoms with Crippen LogP contribution in [0.4, 0.5) is 5.69 Å². The third-order valence-corrected chi connectivity index (χ3v) is 5.27. The van der Waals surface area contributed by atoms with E-state index in [4.69, 9.17) is 4.74 Å². The number of anilines is 1. The van der Waals surface area contributed by atoms with Crippen molar-refractivity contribution >= 4 is 17.4 Å². The van der Waals surface area contributed by atoms with Crippen LogP contribution in [0.3, 0.4) is 0 Å². The maximum atomic E-state index is 5.66. The Morgan fingerprint density at radius 2 is 2.33 bits per heavy atom. The molecule has 21 heavy (non-hydrogen) atoms. The van der Waals surface area contributed by atoms with Crippen molar-refractivity contribution in [1.29, 1.82) is 0 Å². The maximum absolute atomic E-state index is 5.66. The summed E-state index contributed by atoms with van der Waals surface area (Å²) < 4.78 is 7.65. The SMILES string of the molecule is c1ccc2c(c1)SCC2Nc1cnn(CC2CCCO2)c1. The molecule has 2 unspecified atom stereocenters. The summed E-state index contributed by atoms with van der Waals surface area (Å²) in [5.74, 6) is 1.08. The van der Waals surface area contributed by atoms with Crippen LogP contribution in [0.5, 0.6) is 0 Å². The first-order chi connectivity index (χ1) is 10.4. The number of aromatic nitrogens is 2. The van der Waals surface area contributed by atoms with Gasteiger partial charge in [-0.1, -0.05) is 18.2 Å². The van der Waals surface area contributed by atoms with Gasteiger partial charge in [-0.25, -0.2) is 0 Å². The Kier molecular flexibility index (Phi) is 3.61. The van der Waals surface area contributed by atoms with Gasteiger partial charge in [0.1, 0.15) is 0 Å². The van der Waals surface area contributed by atoms with Gasteiger partial charge in [-0.05, 0) is 24.5 Å². The molecule has 1 aromatic heterocycles. The van der Waals surface area contributed by atoms with Gasteiger partial charge in [-0.2, -0.15) is 5.10 Å². The van der Waals surface area contributed by atoms with Crippen molar-refractivity contribution in [3.63, 3.8) is 0 Å². The Morgan fingerprint density at radius 3 is 3.24 bits per heavy atom. The van der Waals surface area contributed by atoms with E-state index in [1.165, 1.54) is 16.9 Å². The van der Waals surface area contributed by atoms with Gasteiger partial charge in [0.15, 0.2) is 0 Å². The van der Waals surface area contributed by atoms with Crippen LogP contribution in [0.1, 0.15) is 24.4 Å². The van der Waals surface area contributed by atoms with Gasteiger partial charge >= 0.3 is 0 Å². The Balaban J connectivity index is 1.42. The van der Waals surface area contributed by atoms with Crippen molar-refractivity contribution in [3.8, 4) is 0 Å². The van der Waals surface area contributed by atoms with Gasteiger partial charge in [0.05, 0.1) is 30.6 Å². The molecular formula is C16H19N3OS. The molecule has 2 aromatic rings. The van der Waals surface area contributed by atoms with Crippen molar-refractivity contribution in [3.05, 3.63) is 42.2 Å². The zero-order chi connectivity index (χ0) is 14.1. The van der Waals surface area contributed by atoms with Gasteiger partial charge in [0.25, 0.3) is 0 Å². The zero-order valence-electron chi connectivity index (χ0n) is 11.9. The lowest BCUT2D eigenvalue weighted by molar-refractivity contribution is 0.0940. The smallest absolute Gasteiger partial charge is 0.0771 e. The Labute approximate surface area is 128 Å². The summed E-state index contributed by atoms with van der Waals surface area (Å²) in [5, 5.41) is 8.04. The second-order valence-electron chi connectivity index (χ2n) is 5.63. The van der Waals surface area contributed by atoms with E-state index >= 15 is 0 Å². The summed E-state index contributed by atoms with van der Waals surface area (Å²) in [7, 11) is 0. The van der Waals surface area contributed by atoms with E-state index in [-0.39, 0.29) is 0 Å². The molecule has 2 aliphatic rings. The van der Waals surface area contributed by atoms with Crippen LogP contribution >= 0.6 is 11.8 Å². The number of nitrogens with one attached hydrogen (secondary N) is 1. The molecule has 0 aliphatic carbocycles. The summed E-state index contributed by atoms with van der Waals surface area (Å²) in [6.07, 6.45) is 6.66. The quantitative estimate of drug-likeness (QED) is 0.940. The Hall–Kier alpha value is -1.46. The standard InChI is InChI=1S/C16H19N3OS/c1-2-6-16-14(5-1)15(11-21-16)18-12-8-17-19(9-12)10-13-4-3-7-20-13/h1-2,5-6,8-9,13,15,18H,3-4,7,10-11H2. The van der Waals surface area contributed by atoms with Crippen LogP contribution in [0.2, 0.25) is 0 Å². The molecule has 2 aliphatic heterocycles. The minimum atomic E-state index is 0.334. The number of benzene rings is 1. The van der Waals surface area contributed by atoms with Crippen molar-refractivity contribution in [2.45, 2.75) is 36.4 Å². The van der Waals surface area contributed by atoms with E-state index in [2.05, 4.69) is 40.9 Å². The topological polar surface area (TPSA) is 39.1 Å². The lowest BCUT2D eigenvalue weighted by Gasteiger charge is -2.13. The fourth-order valence-electron chi connectivity index (χ4n) is 3.02. The van der Waals surface area contributed by atoms with Crippen molar-refractivity contribution in [2.75, 3.05) is 17.7 Å². The minimum Gasteiger partial charge on any atom is -0.376 e. The summed E-state index contributed by atoms with van der Waals surface area (Å²) in [5.41, 5.74) is 2.49. The predicted molar refractivity (Wildman–Crippen MR) is 84.7 cm³/mol. The molecule has 0 saturated carbocycles. The number of hydrogen-bond acceptors (Lipinski definition) is 4. The molecule has 0 amide bonds. The average molecular weight is 301 g/mol. The normalized spacial score (nSPS) is 24.2. The predicted octanol–water partition coefficient (Wildman–Crippen LogP) is 3.32. The van der Waals surface area contributed by atoms with Gasteiger partial charge in [-0.3, -0.25) is 4.68 Å². The summed E-state index contributed by atoms with van der Waals surface area (Å²) in [4.78, 5) is 1.39. The summed E-state index contributed by atoms with van der Waals surface area (Å²) >= 11 is 1.92. The third kappa shape index (κ3) is 2.80. The fraction of sp³-hybridized carbons (Fsp3) is 0.438. The average Bonchev–Trinajstić information content (AvgIpc) is 3.23.